The highest BCUT2D eigenvalue weighted by atomic mass is 35.5. The van der Waals surface area contributed by atoms with Crippen molar-refractivity contribution in [1.82, 2.24) is 5.32 Å². The SMILES string of the molecule is C[C@H](NC(=O)COC(=O)/C=C/c1cc(Cl)c2c(c1)OCCO2)C1CC1. The molecule has 1 aromatic rings. The van der Waals surface area contributed by atoms with Gasteiger partial charge in [-0.2, -0.15) is 0 Å². The summed E-state index contributed by atoms with van der Waals surface area (Å²) >= 11 is 6.14. The monoisotopic (exact) mass is 365 g/mol. The summed E-state index contributed by atoms with van der Waals surface area (Å²) in [6.07, 6.45) is 5.08. The van der Waals surface area contributed by atoms with Gasteiger partial charge < -0.3 is 19.5 Å². The summed E-state index contributed by atoms with van der Waals surface area (Å²) < 4.78 is 15.9. The van der Waals surface area contributed by atoms with Gasteiger partial charge in [0.15, 0.2) is 18.1 Å². The summed E-state index contributed by atoms with van der Waals surface area (Å²) in [6, 6.07) is 3.53. The van der Waals surface area contributed by atoms with E-state index in [0.717, 1.165) is 12.8 Å². The lowest BCUT2D eigenvalue weighted by molar-refractivity contribution is -0.144. The maximum Gasteiger partial charge on any atom is 0.331 e. The molecule has 1 fully saturated rings. The summed E-state index contributed by atoms with van der Waals surface area (Å²) in [5, 5.41) is 3.24. The second-order valence-corrected chi connectivity index (χ2v) is 6.57. The molecular formula is C18H20ClNO5. The van der Waals surface area contributed by atoms with Gasteiger partial charge in [0.25, 0.3) is 5.91 Å². The molecule has 0 saturated heterocycles. The first-order valence-corrected chi connectivity index (χ1v) is 8.64. The number of fused-ring (bicyclic) bond motifs is 1. The highest BCUT2D eigenvalue weighted by Crippen LogP contribution is 2.38. The molecule has 3 rings (SSSR count). The van der Waals surface area contributed by atoms with E-state index in [1.807, 2.05) is 6.92 Å². The van der Waals surface area contributed by atoms with Crippen molar-refractivity contribution in [2.45, 2.75) is 25.8 Å². The minimum atomic E-state index is -0.597. The van der Waals surface area contributed by atoms with E-state index in [9.17, 15) is 9.59 Å². The second kappa shape index (κ2) is 7.78. The number of rotatable bonds is 6. The van der Waals surface area contributed by atoms with Crippen LogP contribution in [0.4, 0.5) is 0 Å². The summed E-state index contributed by atoms with van der Waals surface area (Å²) in [7, 11) is 0. The predicted molar refractivity (Wildman–Crippen MR) is 92.8 cm³/mol. The van der Waals surface area contributed by atoms with Crippen molar-refractivity contribution in [3.8, 4) is 11.5 Å². The molecule has 7 heteroatoms. The molecule has 0 unspecified atom stereocenters. The number of hydrogen-bond acceptors (Lipinski definition) is 5. The Kier molecular flexibility index (Phi) is 5.48. The van der Waals surface area contributed by atoms with Gasteiger partial charge in [0.2, 0.25) is 0 Å². The molecule has 1 amide bonds. The van der Waals surface area contributed by atoms with Crippen LogP contribution in [0.5, 0.6) is 11.5 Å². The van der Waals surface area contributed by atoms with Gasteiger partial charge in [-0.15, -0.1) is 0 Å². The molecule has 1 heterocycles. The van der Waals surface area contributed by atoms with Crippen molar-refractivity contribution in [2.75, 3.05) is 19.8 Å². The van der Waals surface area contributed by atoms with Gasteiger partial charge in [0.05, 0.1) is 5.02 Å². The third kappa shape index (κ3) is 4.89. The Morgan fingerprint density at radius 2 is 2.12 bits per heavy atom. The number of esters is 1. The fourth-order valence-corrected chi connectivity index (χ4v) is 2.86. The van der Waals surface area contributed by atoms with Crippen LogP contribution in [0.15, 0.2) is 18.2 Å². The van der Waals surface area contributed by atoms with E-state index in [4.69, 9.17) is 25.8 Å². The lowest BCUT2D eigenvalue weighted by Crippen LogP contribution is -2.36. The van der Waals surface area contributed by atoms with Gasteiger partial charge in [-0.3, -0.25) is 4.79 Å². The molecule has 6 nitrogen and oxygen atoms in total. The summed E-state index contributed by atoms with van der Waals surface area (Å²) in [4.78, 5) is 23.5. The van der Waals surface area contributed by atoms with Gasteiger partial charge in [0, 0.05) is 12.1 Å². The molecule has 1 aliphatic carbocycles. The normalized spacial score (nSPS) is 17.2. The molecule has 25 heavy (non-hydrogen) atoms. The Morgan fingerprint density at radius 1 is 1.36 bits per heavy atom. The molecule has 134 valence electrons. The fourth-order valence-electron chi connectivity index (χ4n) is 2.59. The number of amides is 1. The Hall–Kier alpha value is -2.21. The van der Waals surface area contributed by atoms with E-state index in [2.05, 4.69) is 5.32 Å². The van der Waals surface area contributed by atoms with Gasteiger partial charge >= 0.3 is 5.97 Å². The van der Waals surface area contributed by atoms with Crippen molar-refractivity contribution >= 4 is 29.6 Å². The second-order valence-electron chi connectivity index (χ2n) is 6.16. The van der Waals surface area contributed by atoms with Gasteiger partial charge in [-0.25, -0.2) is 4.79 Å². The number of carbonyl (C=O) groups is 2. The van der Waals surface area contributed by atoms with Gasteiger partial charge in [-0.1, -0.05) is 11.6 Å². The maximum absolute atomic E-state index is 11.7. The minimum Gasteiger partial charge on any atom is -0.486 e. The summed E-state index contributed by atoms with van der Waals surface area (Å²) in [5.41, 5.74) is 0.679. The van der Waals surface area contributed by atoms with Crippen molar-refractivity contribution in [1.29, 1.82) is 0 Å². The number of halogens is 1. The Morgan fingerprint density at radius 3 is 2.88 bits per heavy atom. The average Bonchev–Trinajstić information content (AvgIpc) is 3.43. The van der Waals surface area contributed by atoms with Crippen molar-refractivity contribution in [2.24, 2.45) is 5.92 Å². The largest absolute Gasteiger partial charge is 0.486 e. The van der Waals surface area contributed by atoms with E-state index in [1.54, 1.807) is 18.2 Å². The van der Waals surface area contributed by atoms with E-state index in [-0.39, 0.29) is 18.6 Å². The Balaban J connectivity index is 1.50. The first-order chi connectivity index (χ1) is 12.0. The van der Waals surface area contributed by atoms with Gasteiger partial charge in [-0.05, 0) is 49.5 Å². The fraction of sp³-hybridized carbons (Fsp3) is 0.444. The van der Waals surface area contributed by atoms with Crippen LogP contribution in [0.25, 0.3) is 6.08 Å². The zero-order chi connectivity index (χ0) is 17.8. The number of benzene rings is 1. The van der Waals surface area contributed by atoms with Crippen LogP contribution in [0.1, 0.15) is 25.3 Å². The number of hydrogen-bond donors (Lipinski definition) is 1. The molecule has 0 bridgehead atoms. The lowest BCUT2D eigenvalue weighted by atomic mass is 10.2. The third-order valence-electron chi connectivity index (χ3n) is 4.09. The van der Waals surface area contributed by atoms with E-state index in [1.165, 1.54) is 6.08 Å². The van der Waals surface area contributed by atoms with Crippen LogP contribution in [-0.2, 0) is 14.3 Å². The van der Waals surface area contributed by atoms with E-state index < -0.39 is 5.97 Å². The number of ether oxygens (including phenoxy) is 3. The molecule has 1 aromatic carbocycles. The lowest BCUT2D eigenvalue weighted by Gasteiger charge is -2.19. The van der Waals surface area contributed by atoms with E-state index in [0.29, 0.717) is 41.2 Å². The molecular weight excluding hydrogens is 346 g/mol. The minimum absolute atomic E-state index is 0.126. The zero-order valence-electron chi connectivity index (χ0n) is 13.9. The Bertz CT molecular complexity index is 699. The van der Waals surface area contributed by atoms with Crippen LogP contribution in [0.3, 0.4) is 0 Å². The molecule has 1 saturated carbocycles. The van der Waals surface area contributed by atoms with Crippen LogP contribution in [0, 0.1) is 5.92 Å². The van der Waals surface area contributed by atoms with Crippen LogP contribution >= 0.6 is 11.6 Å². The molecule has 2 aliphatic rings. The Labute approximate surface area is 151 Å². The average molecular weight is 366 g/mol. The molecule has 1 aliphatic heterocycles. The van der Waals surface area contributed by atoms with Gasteiger partial charge in [0.1, 0.15) is 13.2 Å². The highest BCUT2D eigenvalue weighted by molar-refractivity contribution is 6.32. The van der Waals surface area contributed by atoms with Crippen LogP contribution in [0.2, 0.25) is 5.02 Å². The summed E-state index contributed by atoms with van der Waals surface area (Å²) in [6.45, 7) is 2.58. The number of carbonyl (C=O) groups excluding carboxylic acids is 2. The van der Waals surface area contributed by atoms with Crippen LogP contribution in [-0.4, -0.2) is 37.7 Å². The third-order valence-corrected chi connectivity index (χ3v) is 4.38. The maximum atomic E-state index is 11.7. The first-order valence-electron chi connectivity index (χ1n) is 8.26. The quantitative estimate of drug-likeness (QED) is 0.619. The summed E-state index contributed by atoms with van der Waals surface area (Å²) in [5.74, 6) is 0.720. The topological polar surface area (TPSA) is 73.9 Å². The zero-order valence-corrected chi connectivity index (χ0v) is 14.7. The molecule has 0 aromatic heterocycles. The van der Waals surface area contributed by atoms with E-state index >= 15 is 0 Å². The van der Waals surface area contributed by atoms with Crippen molar-refractivity contribution in [3.63, 3.8) is 0 Å². The van der Waals surface area contributed by atoms with Crippen molar-refractivity contribution < 1.29 is 23.8 Å². The molecule has 0 radical (unpaired) electrons. The standard InChI is InChI=1S/C18H20ClNO5/c1-11(13-3-4-13)20-16(21)10-25-17(22)5-2-12-8-14(19)18-15(9-12)23-6-7-24-18/h2,5,8-9,11,13H,3-4,6-7,10H2,1H3,(H,20,21)/b5-2+/t11-/m0/s1. The highest BCUT2D eigenvalue weighted by Gasteiger charge is 2.28. The predicted octanol–water partition coefficient (Wildman–Crippen LogP) is 2.58. The number of nitrogens with one attached hydrogen (secondary N) is 1. The smallest absolute Gasteiger partial charge is 0.331 e. The molecule has 1 N–H and O–H groups in total. The van der Waals surface area contributed by atoms with Crippen LogP contribution < -0.4 is 14.8 Å². The molecule has 1 atom stereocenters. The first kappa shape index (κ1) is 17.6. The van der Waals surface area contributed by atoms with Crippen molar-refractivity contribution in [3.05, 3.63) is 28.8 Å². The molecule has 0 spiro atoms.